The number of aromatic nitrogens is 2. The number of carbonyl (C=O) groups is 1. The van der Waals surface area contributed by atoms with Crippen LogP contribution < -0.4 is 10.6 Å². The van der Waals surface area contributed by atoms with Crippen molar-refractivity contribution in [1.29, 1.82) is 0 Å². The minimum absolute atomic E-state index is 0.116. The van der Waals surface area contributed by atoms with E-state index in [1.165, 1.54) is 0 Å². The molecule has 0 aliphatic carbocycles. The van der Waals surface area contributed by atoms with E-state index >= 15 is 0 Å². The third kappa shape index (κ3) is 3.82. The molecular formula is C15H20N4O2. The number of benzene rings is 1. The SMILES string of the molecule is CC[C@@](C)(CO)NC(=O)Nc1ccn(-c2ccccc2)n1. The molecule has 0 bridgehead atoms. The fraction of sp³-hybridized carbons (Fsp3) is 0.333. The standard InChI is InChI=1S/C15H20N4O2/c1-3-15(2,11-20)17-14(21)16-13-9-10-19(18-13)12-7-5-4-6-8-12/h4-10,20H,3,11H2,1-2H3,(H2,16,17,18,21)/t15-/m0/s1. The Bertz CT molecular complexity index is 591. The van der Waals surface area contributed by atoms with Gasteiger partial charge >= 0.3 is 6.03 Å². The van der Waals surface area contributed by atoms with Crippen molar-refractivity contribution in [2.45, 2.75) is 25.8 Å². The molecule has 0 radical (unpaired) electrons. The Morgan fingerprint density at radius 3 is 2.67 bits per heavy atom. The van der Waals surface area contributed by atoms with Crippen molar-refractivity contribution in [2.24, 2.45) is 0 Å². The molecule has 0 spiro atoms. The zero-order valence-electron chi connectivity index (χ0n) is 12.2. The molecule has 2 amide bonds. The number of amides is 2. The van der Waals surface area contributed by atoms with E-state index in [0.29, 0.717) is 12.2 Å². The maximum absolute atomic E-state index is 11.9. The highest BCUT2D eigenvalue weighted by Crippen LogP contribution is 2.11. The molecule has 2 aromatic rings. The Labute approximate surface area is 123 Å². The number of carbonyl (C=O) groups excluding carboxylic acids is 1. The van der Waals surface area contributed by atoms with Crippen LogP contribution in [0.4, 0.5) is 10.6 Å². The van der Waals surface area contributed by atoms with Crippen molar-refractivity contribution in [1.82, 2.24) is 15.1 Å². The number of rotatable bonds is 5. The van der Waals surface area contributed by atoms with Crippen molar-refractivity contribution in [3.05, 3.63) is 42.6 Å². The van der Waals surface area contributed by atoms with Gasteiger partial charge < -0.3 is 10.4 Å². The molecule has 0 aliphatic heterocycles. The van der Waals surface area contributed by atoms with Crippen LogP contribution in [0.15, 0.2) is 42.6 Å². The second kappa shape index (κ2) is 6.41. The molecule has 6 heteroatoms. The van der Waals surface area contributed by atoms with Crippen LogP contribution in [0, 0.1) is 0 Å². The van der Waals surface area contributed by atoms with Gasteiger partial charge in [-0.3, -0.25) is 5.32 Å². The number of hydrogen-bond acceptors (Lipinski definition) is 3. The number of urea groups is 1. The lowest BCUT2D eigenvalue weighted by molar-refractivity contribution is 0.172. The van der Waals surface area contributed by atoms with Crippen LogP contribution in [-0.2, 0) is 0 Å². The van der Waals surface area contributed by atoms with E-state index in [9.17, 15) is 9.90 Å². The Morgan fingerprint density at radius 1 is 1.33 bits per heavy atom. The molecule has 0 aliphatic rings. The highest BCUT2D eigenvalue weighted by atomic mass is 16.3. The number of hydrogen-bond donors (Lipinski definition) is 3. The van der Waals surface area contributed by atoms with Crippen LogP contribution in [-0.4, -0.2) is 33.1 Å². The summed E-state index contributed by atoms with van der Waals surface area (Å²) in [5.41, 5.74) is 0.284. The van der Waals surface area contributed by atoms with Gasteiger partial charge in [0, 0.05) is 12.3 Å². The fourth-order valence-electron chi connectivity index (χ4n) is 1.78. The number of para-hydroxylation sites is 1. The molecule has 6 nitrogen and oxygen atoms in total. The summed E-state index contributed by atoms with van der Waals surface area (Å²) >= 11 is 0. The number of aliphatic hydroxyl groups is 1. The van der Waals surface area contributed by atoms with Gasteiger partial charge in [-0.25, -0.2) is 9.48 Å². The lowest BCUT2D eigenvalue weighted by atomic mass is 10.0. The quantitative estimate of drug-likeness (QED) is 0.788. The Balaban J connectivity index is 2.01. The van der Waals surface area contributed by atoms with E-state index in [2.05, 4.69) is 15.7 Å². The zero-order valence-corrected chi connectivity index (χ0v) is 12.2. The van der Waals surface area contributed by atoms with Crippen molar-refractivity contribution in [3.8, 4) is 5.69 Å². The van der Waals surface area contributed by atoms with Gasteiger partial charge in [0.05, 0.1) is 17.8 Å². The Kier molecular flexibility index (Phi) is 4.59. The molecule has 3 N–H and O–H groups in total. The Morgan fingerprint density at radius 2 is 2.05 bits per heavy atom. The minimum atomic E-state index is -0.633. The van der Waals surface area contributed by atoms with E-state index in [0.717, 1.165) is 5.69 Å². The number of anilines is 1. The molecule has 2 rings (SSSR count). The summed E-state index contributed by atoms with van der Waals surface area (Å²) in [4.78, 5) is 11.9. The number of nitrogens with zero attached hydrogens (tertiary/aromatic N) is 2. The first-order chi connectivity index (χ1) is 10.1. The van der Waals surface area contributed by atoms with Crippen molar-refractivity contribution < 1.29 is 9.90 Å². The van der Waals surface area contributed by atoms with Gasteiger partial charge in [-0.05, 0) is 25.5 Å². The smallest absolute Gasteiger partial charge is 0.320 e. The molecule has 1 atom stereocenters. The van der Waals surface area contributed by atoms with Crippen molar-refractivity contribution >= 4 is 11.8 Å². The third-order valence-electron chi connectivity index (χ3n) is 3.40. The van der Waals surface area contributed by atoms with E-state index in [1.807, 2.05) is 37.3 Å². The number of nitrogens with one attached hydrogen (secondary N) is 2. The van der Waals surface area contributed by atoms with Crippen molar-refractivity contribution in [2.75, 3.05) is 11.9 Å². The van der Waals surface area contributed by atoms with Crippen LogP contribution in [0.25, 0.3) is 5.69 Å². The first kappa shape index (κ1) is 15.1. The highest BCUT2D eigenvalue weighted by Gasteiger charge is 2.23. The van der Waals surface area contributed by atoms with Gasteiger partial charge in [-0.1, -0.05) is 25.1 Å². The average molecular weight is 288 g/mol. The normalized spacial score (nSPS) is 13.5. The van der Waals surface area contributed by atoms with Crippen LogP contribution in [0.1, 0.15) is 20.3 Å². The maximum Gasteiger partial charge on any atom is 0.320 e. The fourth-order valence-corrected chi connectivity index (χ4v) is 1.78. The van der Waals surface area contributed by atoms with E-state index < -0.39 is 5.54 Å². The van der Waals surface area contributed by atoms with E-state index in [1.54, 1.807) is 23.9 Å². The summed E-state index contributed by atoms with van der Waals surface area (Å²) in [5.74, 6) is 0.452. The van der Waals surface area contributed by atoms with Crippen LogP contribution in [0.5, 0.6) is 0 Å². The van der Waals surface area contributed by atoms with Gasteiger partial charge in [-0.15, -0.1) is 5.10 Å². The molecule has 0 saturated carbocycles. The average Bonchev–Trinajstić information content (AvgIpc) is 2.96. The molecule has 0 saturated heterocycles. The van der Waals surface area contributed by atoms with Gasteiger partial charge in [0.25, 0.3) is 0 Å². The molecule has 0 fully saturated rings. The third-order valence-corrected chi connectivity index (χ3v) is 3.40. The summed E-state index contributed by atoms with van der Waals surface area (Å²) in [5, 5.41) is 19.0. The molecule has 112 valence electrons. The van der Waals surface area contributed by atoms with Crippen LogP contribution in [0.2, 0.25) is 0 Å². The summed E-state index contributed by atoms with van der Waals surface area (Å²) in [6.45, 7) is 3.57. The second-order valence-electron chi connectivity index (χ2n) is 5.13. The van der Waals surface area contributed by atoms with Gasteiger partial charge in [0.1, 0.15) is 0 Å². The first-order valence-electron chi connectivity index (χ1n) is 6.87. The van der Waals surface area contributed by atoms with Crippen LogP contribution >= 0.6 is 0 Å². The van der Waals surface area contributed by atoms with Gasteiger partial charge in [0.15, 0.2) is 5.82 Å². The topological polar surface area (TPSA) is 79.2 Å². The molecule has 1 aromatic heterocycles. The summed E-state index contributed by atoms with van der Waals surface area (Å²) < 4.78 is 1.68. The van der Waals surface area contributed by atoms with E-state index in [-0.39, 0.29) is 12.6 Å². The van der Waals surface area contributed by atoms with Crippen molar-refractivity contribution in [3.63, 3.8) is 0 Å². The monoisotopic (exact) mass is 288 g/mol. The summed E-state index contributed by atoms with van der Waals surface area (Å²) in [6.07, 6.45) is 2.41. The summed E-state index contributed by atoms with van der Waals surface area (Å²) in [6, 6.07) is 11.0. The lowest BCUT2D eigenvalue weighted by Gasteiger charge is -2.26. The molecule has 0 unspecified atom stereocenters. The first-order valence-corrected chi connectivity index (χ1v) is 6.87. The molecule has 1 aromatic carbocycles. The zero-order chi connectivity index (χ0) is 15.3. The van der Waals surface area contributed by atoms with Crippen LogP contribution in [0.3, 0.4) is 0 Å². The molecule has 21 heavy (non-hydrogen) atoms. The van der Waals surface area contributed by atoms with E-state index in [4.69, 9.17) is 0 Å². The van der Waals surface area contributed by atoms with Gasteiger partial charge in [-0.2, -0.15) is 0 Å². The predicted molar refractivity (Wildman–Crippen MR) is 81.5 cm³/mol. The summed E-state index contributed by atoms with van der Waals surface area (Å²) in [7, 11) is 0. The second-order valence-corrected chi connectivity index (χ2v) is 5.13. The molecule has 1 heterocycles. The minimum Gasteiger partial charge on any atom is -0.394 e. The Hall–Kier alpha value is -2.34. The lowest BCUT2D eigenvalue weighted by Crippen LogP contribution is -2.50. The molecular weight excluding hydrogens is 268 g/mol. The highest BCUT2D eigenvalue weighted by molar-refractivity contribution is 5.88. The van der Waals surface area contributed by atoms with Gasteiger partial charge in [0.2, 0.25) is 0 Å². The predicted octanol–water partition coefficient (Wildman–Crippen LogP) is 2.15. The maximum atomic E-state index is 11.9. The number of aliphatic hydroxyl groups excluding tert-OH is 1. The largest absolute Gasteiger partial charge is 0.394 e.